The van der Waals surface area contributed by atoms with Crippen LogP contribution in [0.15, 0.2) is 54.6 Å². The molecule has 0 bridgehead atoms. The number of nitrogens with zero attached hydrogens (tertiary/aromatic N) is 1. The van der Waals surface area contributed by atoms with Crippen LogP contribution < -0.4 is 5.32 Å². The van der Waals surface area contributed by atoms with Crippen molar-refractivity contribution in [1.29, 1.82) is 0 Å². The van der Waals surface area contributed by atoms with E-state index in [0.717, 1.165) is 5.56 Å². The summed E-state index contributed by atoms with van der Waals surface area (Å²) >= 11 is 0. The first-order valence-corrected chi connectivity index (χ1v) is 8.81. The minimum absolute atomic E-state index is 0.138. The van der Waals surface area contributed by atoms with Crippen molar-refractivity contribution >= 4 is 17.8 Å². The number of esters is 1. The van der Waals surface area contributed by atoms with Crippen molar-refractivity contribution in [2.24, 2.45) is 0 Å². The number of likely N-dealkylation sites (N-methyl/N-ethyl adjacent to an activating group) is 1. The molecule has 142 valence electrons. The highest BCUT2D eigenvalue weighted by atomic mass is 16.5. The normalized spacial score (nSPS) is 11.4. The van der Waals surface area contributed by atoms with Crippen molar-refractivity contribution in [2.45, 2.75) is 26.5 Å². The molecule has 6 heteroatoms. The highest BCUT2D eigenvalue weighted by Crippen LogP contribution is 2.15. The Bertz CT molecular complexity index is 805. The third kappa shape index (κ3) is 5.41. The first kappa shape index (κ1) is 20.2. The molecule has 0 aliphatic rings. The number of carbonyl (C=O) groups is 3. The molecular formula is C21H24N2O4. The zero-order chi connectivity index (χ0) is 19.8. The van der Waals surface area contributed by atoms with Gasteiger partial charge in [0.1, 0.15) is 0 Å². The zero-order valence-corrected chi connectivity index (χ0v) is 15.8. The number of nitrogens with one attached hydrogen (secondary N) is 1. The van der Waals surface area contributed by atoms with Crippen LogP contribution in [0.4, 0.5) is 0 Å². The van der Waals surface area contributed by atoms with E-state index in [0.29, 0.717) is 13.1 Å². The van der Waals surface area contributed by atoms with Crippen molar-refractivity contribution in [3.05, 3.63) is 71.3 Å². The maximum absolute atomic E-state index is 12.8. The van der Waals surface area contributed by atoms with Crippen LogP contribution in [0.2, 0.25) is 0 Å². The van der Waals surface area contributed by atoms with Crippen molar-refractivity contribution in [3.8, 4) is 0 Å². The molecule has 0 aliphatic heterocycles. The van der Waals surface area contributed by atoms with E-state index in [2.05, 4.69) is 5.32 Å². The standard InChI is InChI=1S/C21H24N2O4/c1-4-22-19(24)15(2)27-21(26)18-13-9-8-12-17(18)20(25)23(3)14-16-10-6-5-7-11-16/h5-13,15H,4,14H2,1-3H3,(H,22,24)/t15-/m0/s1. The van der Waals surface area contributed by atoms with Gasteiger partial charge in [-0.05, 0) is 31.5 Å². The average molecular weight is 368 g/mol. The second-order valence-electron chi connectivity index (χ2n) is 6.13. The smallest absolute Gasteiger partial charge is 0.339 e. The molecule has 2 rings (SSSR count). The molecule has 0 aliphatic carbocycles. The van der Waals surface area contributed by atoms with Crippen LogP contribution >= 0.6 is 0 Å². The van der Waals surface area contributed by atoms with E-state index in [9.17, 15) is 14.4 Å². The minimum atomic E-state index is -0.942. The van der Waals surface area contributed by atoms with Crippen molar-refractivity contribution in [1.82, 2.24) is 10.2 Å². The van der Waals surface area contributed by atoms with Crippen LogP contribution in [0.5, 0.6) is 0 Å². The average Bonchev–Trinajstić information content (AvgIpc) is 2.68. The molecule has 1 atom stereocenters. The Morgan fingerprint density at radius 3 is 2.22 bits per heavy atom. The SMILES string of the molecule is CCNC(=O)[C@H](C)OC(=O)c1ccccc1C(=O)N(C)Cc1ccccc1. The van der Waals surface area contributed by atoms with Gasteiger partial charge in [0, 0.05) is 20.1 Å². The Hall–Kier alpha value is -3.15. The van der Waals surface area contributed by atoms with Crippen LogP contribution in [-0.2, 0) is 16.1 Å². The monoisotopic (exact) mass is 368 g/mol. The van der Waals surface area contributed by atoms with E-state index in [1.54, 1.807) is 32.2 Å². The zero-order valence-electron chi connectivity index (χ0n) is 15.8. The van der Waals surface area contributed by atoms with Crippen molar-refractivity contribution in [2.75, 3.05) is 13.6 Å². The van der Waals surface area contributed by atoms with Crippen LogP contribution in [0.25, 0.3) is 0 Å². The molecule has 0 saturated heterocycles. The second-order valence-corrected chi connectivity index (χ2v) is 6.13. The Balaban J connectivity index is 2.15. The highest BCUT2D eigenvalue weighted by Gasteiger charge is 2.24. The van der Waals surface area contributed by atoms with Gasteiger partial charge in [0.25, 0.3) is 11.8 Å². The van der Waals surface area contributed by atoms with Gasteiger partial charge in [-0.25, -0.2) is 4.79 Å². The summed E-state index contributed by atoms with van der Waals surface area (Å²) in [5, 5.41) is 2.59. The lowest BCUT2D eigenvalue weighted by atomic mass is 10.1. The summed E-state index contributed by atoms with van der Waals surface area (Å²) in [5.41, 5.74) is 1.36. The van der Waals surface area contributed by atoms with Gasteiger partial charge in [0.2, 0.25) is 0 Å². The lowest BCUT2D eigenvalue weighted by Crippen LogP contribution is -2.36. The first-order chi connectivity index (χ1) is 12.9. The van der Waals surface area contributed by atoms with Gasteiger partial charge in [0.05, 0.1) is 11.1 Å². The predicted molar refractivity (Wildman–Crippen MR) is 102 cm³/mol. The number of rotatable bonds is 7. The molecular weight excluding hydrogens is 344 g/mol. The molecule has 1 N–H and O–H groups in total. The van der Waals surface area contributed by atoms with Gasteiger partial charge >= 0.3 is 5.97 Å². The predicted octanol–water partition coefficient (Wildman–Crippen LogP) is 2.64. The van der Waals surface area contributed by atoms with Crippen LogP contribution in [-0.4, -0.2) is 42.4 Å². The van der Waals surface area contributed by atoms with E-state index in [1.807, 2.05) is 30.3 Å². The lowest BCUT2D eigenvalue weighted by Gasteiger charge is -2.19. The Morgan fingerprint density at radius 2 is 1.59 bits per heavy atom. The topological polar surface area (TPSA) is 75.7 Å². The third-order valence-electron chi connectivity index (χ3n) is 3.99. The quantitative estimate of drug-likeness (QED) is 0.763. The fraction of sp³-hybridized carbons (Fsp3) is 0.286. The number of ether oxygens (including phenoxy) is 1. The second kappa shape index (κ2) is 9.52. The first-order valence-electron chi connectivity index (χ1n) is 8.81. The highest BCUT2D eigenvalue weighted by molar-refractivity contribution is 6.05. The summed E-state index contributed by atoms with van der Waals surface area (Å²) in [6.07, 6.45) is -0.942. The number of amides is 2. The maximum Gasteiger partial charge on any atom is 0.339 e. The van der Waals surface area contributed by atoms with E-state index in [-0.39, 0.29) is 22.9 Å². The summed E-state index contributed by atoms with van der Waals surface area (Å²) in [4.78, 5) is 38.6. The summed E-state index contributed by atoms with van der Waals surface area (Å²) in [7, 11) is 1.68. The molecule has 0 unspecified atom stereocenters. The summed E-state index contributed by atoms with van der Waals surface area (Å²) in [6, 6.07) is 16.0. The number of hydrogen-bond acceptors (Lipinski definition) is 4. The van der Waals surface area contributed by atoms with Gasteiger partial charge in [-0.15, -0.1) is 0 Å². The maximum atomic E-state index is 12.8. The van der Waals surface area contributed by atoms with Gasteiger partial charge < -0.3 is 15.0 Å². The van der Waals surface area contributed by atoms with Crippen LogP contribution in [0, 0.1) is 0 Å². The third-order valence-corrected chi connectivity index (χ3v) is 3.99. The molecule has 6 nitrogen and oxygen atoms in total. The van der Waals surface area contributed by atoms with E-state index in [1.165, 1.54) is 17.9 Å². The molecule has 2 aromatic rings. The van der Waals surface area contributed by atoms with E-state index >= 15 is 0 Å². The van der Waals surface area contributed by atoms with Crippen LogP contribution in [0.1, 0.15) is 40.1 Å². The van der Waals surface area contributed by atoms with Crippen molar-refractivity contribution in [3.63, 3.8) is 0 Å². The largest absolute Gasteiger partial charge is 0.449 e. The molecule has 0 aromatic heterocycles. The Kier molecular flexibility index (Phi) is 7.11. The van der Waals surface area contributed by atoms with Gasteiger partial charge in [-0.2, -0.15) is 0 Å². The lowest BCUT2D eigenvalue weighted by molar-refractivity contribution is -0.128. The molecule has 2 aromatic carbocycles. The molecule has 0 heterocycles. The number of hydrogen-bond donors (Lipinski definition) is 1. The molecule has 0 saturated carbocycles. The summed E-state index contributed by atoms with van der Waals surface area (Å²) < 4.78 is 5.22. The van der Waals surface area contributed by atoms with E-state index < -0.39 is 12.1 Å². The Labute approximate surface area is 159 Å². The fourth-order valence-electron chi connectivity index (χ4n) is 2.58. The fourth-order valence-corrected chi connectivity index (χ4v) is 2.58. The van der Waals surface area contributed by atoms with Crippen LogP contribution in [0.3, 0.4) is 0 Å². The summed E-state index contributed by atoms with van der Waals surface area (Å²) in [6.45, 7) is 4.14. The van der Waals surface area contributed by atoms with Crippen molar-refractivity contribution < 1.29 is 19.1 Å². The van der Waals surface area contributed by atoms with Gasteiger partial charge in [-0.1, -0.05) is 42.5 Å². The molecule has 0 spiro atoms. The molecule has 27 heavy (non-hydrogen) atoms. The molecule has 2 amide bonds. The van der Waals surface area contributed by atoms with Gasteiger partial charge in [0.15, 0.2) is 6.10 Å². The number of carbonyl (C=O) groups excluding carboxylic acids is 3. The molecule has 0 fully saturated rings. The minimum Gasteiger partial charge on any atom is -0.449 e. The Morgan fingerprint density at radius 1 is 1.00 bits per heavy atom. The summed E-state index contributed by atoms with van der Waals surface area (Å²) in [5.74, 6) is -1.38. The molecule has 0 radical (unpaired) electrons. The van der Waals surface area contributed by atoms with Gasteiger partial charge in [-0.3, -0.25) is 9.59 Å². The van der Waals surface area contributed by atoms with E-state index in [4.69, 9.17) is 4.74 Å². The number of benzene rings is 2.